The van der Waals surface area contributed by atoms with Gasteiger partial charge in [-0.15, -0.1) is 13.2 Å². The maximum atomic E-state index is 12.1. The number of aromatic nitrogens is 1. The molecule has 0 saturated carbocycles. The highest BCUT2D eigenvalue weighted by Crippen LogP contribution is 2.29. The maximum Gasteiger partial charge on any atom is 0.573 e. The Bertz CT molecular complexity index is 885. The van der Waals surface area contributed by atoms with Crippen molar-refractivity contribution in [1.29, 1.82) is 0 Å². The van der Waals surface area contributed by atoms with Gasteiger partial charge in [0.05, 0.1) is 0 Å². The number of alkyl halides is 3. The van der Waals surface area contributed by atoms with Crippen molar-refractivity contribution in [3.05, 3.63) is 46.6 Å². The Morgan fingerprint density at radius 2 is 2.00 bits per heavy atom. The van der Waals surface area contributed by atoms with Gasteiger partial charge in [-0.25, -0.2) is 4.98 Å². The van der Waals surface area contributed by atoms with Crippen LogP contribution >= 0.6 is 11.9 Å². The van der Waals surface area contributed by atoms with Crippen LogP contribution in [0.3, 0.4) is 0 Å². The Kier molecular flexibility index (Phi) is 9.03. The van der Waals surface area contributed by atoms with Crippen molar-refractivity contribution in [3.8, 4) is 5.75 Å². The number of pyridine rings is 1. The van der Waals surface area contributed by atoms with Crippen LogP contribution in [0, 0.1) is 13.8 Å². The highest BCUT2D eigenvalue weighted by Gasteiger charge is 2.31. The lowest BCUT2D eigenvalue weighted by molar-refractivity contribution is -0.274. The molecule has 1 aromatic carbocycles. The first-order valence-corrected chi connectivity index (χ1v) is 11.0. The van der Waals surface area contributed by atoms with E-state index in [-0.39, 0.29) is 5.75 Å². The van der Waals surface area contributed by atoms with Gasteiger partial charge in [-0.3, -0.25) is 4.79 Å². The summed E-state index contributed by atoms with van der Waals surface area (Å²) >= 11 is 1.78. The molecule has 1 aliphatic heterocycles. The standard InChI is InChI=1S/C11H14F3NO.C11H14N2OS/c1-3-4-8-5-9(15-2)7-10(6-8)16-11(12,13)14;1-8-9(2)12-11(6-10(8)7-14)13-4-3-5-15-13/h5-7,15H,3-4H2,1-2H3;6-7H,3-5H2,1-2H3. The molecule has 0 amide bonds. The third kappa shape index (κ3) is 7.65. The van der Waals surface area contributed by atoms with E-state index in [1.165, 1.54) is 18.6 Å². The molecule has 1 aliphatic rings. The molecule has 3 rings (SSSR count). The van der Waals surface area contributed by atoms with Crippen LogP contribution in [0.1, 0.15) is 46.9 Å². The van der Waals surface area contributed by atoms with Gasteiger partial charge in [-0.05, 0) is 68.0 Å². The number of aldehydes is 1. The second-order valence-corrected chi connectivity index (χ2v) is 8.21. The van der Waals surface area contributed by atoms with Gasteiger partial charge in [-0.2, -0.15) is 0 Å². The predicted molar refractivity (Wildman–Crippen MR) is 120 cm³/mol. The summed E-state index contributed by atoms with van der Waals surface area (Å²) in [5.41, 5.74) is 4.13. The lowest BCUT2D eigenvalue weighted by Crippen LogP contribution is -2.17. The Balaban J connectivity index is 0.000000220. The zero-order valence-corrected chi connectivity index (χ0v) is 19.0. The SMILES string of the molecule is CCCc1cc(NC)cc(OC(F)(F)F)c1.Cc1nc(N2CCCS2)cc(C=O)c1C. The number of carbonyl (C=O) groups is 1. The van der Waals surface area contributed by atoms with Crippen LogP contribution in [0.25, 0.3) is 0 Å². The first-order chi connectivity index (χ1) is 14.7. The quantitative estimate of drug-likeness (QED) is 0.429. The number of aryl methyl sites for hydroxylation is 2. The van der Waals surface area contributed by atoms with Crippen molar-refractivity contribution in [1.82, 2.24) is 4.98 Å². The van der Waals surface area contributed by atoms with Gasteiger partial charge in [-0.1, -0.05) is 13.3 Å². The minimum Gasteiger partial charge on any atom is -0.406 e. The monoisotopic (exact) mass is 455 g/mol. The van der Waals surface area contributed by atoms with E-state index in [1.54, 1.807) is 19.0 Å². The second-order valence-electron chi connectivity index (χ2n) is 7.10. The minimum atomic E-state index is -4.64. The largest absolute Gasteiger partial charge is 0.573 e. The third-order valence-electron chi connectivity index (χ3n) is 4.70. The van der Waals surface area contributed by atoms with Gasteiger partial charge in [0.25, 0.3) is 0 Å². The van der Waals surface area contributed by atoms with E-state index in [9.17, 15) is 18.0 Å². The minimum absolute atomic E-state index is 0.178. The predicted octanol–water partition coefficient (Wildman–Crippen LogP) is 5.95. The summed E-state index contributed by atoms with van der Waals surface area (Å²) in [6, 6.07) is 6.44. The molecule has 2 aromatic rings. The molecule has 1 aromatic heterocycles. The van der Waals surface area contributed by atoms with E-state index in [0.717, 1.165) is 59.6 Å². The molecule has 5 nitrogen and oxygen atoms in total. The summed E-state index contributed by atoms with van der Waals surface area (Å²) in [5, 5.41) is 2.80. The fraction of sp³-hybridized carbons (Fsp3) is 0.455. The average Bonchev–Trinajstić information content (AvgIpc) is 3.24. The fourth-order valence-electron chi connectivity index (χ4n) is 3.05. The summed E-state index contributed by atoms with van der Waals surface area (Å²) in [4.78, 5) is 15.4. The molecule has 1 N–H and O–H groups in total. The highest BCUT2D eigenvalue weighted by molar-refractivity contribution is 8.00. The zero-order chi connectivity index (χ0) is 23.0. The lowest BCUT2D eigenvalue weighted by atomic mass is 10.1. The smallest absolute Gasteiger partial charge is 0.406 e. The zero-order valence-electron chi connectivity index (χ0n) is 18.2. The summed E-state index contributed by atoms with van der Waals surface area (Å²) in [6.07, 6.45) is -0.942. The Hall–Kier alpha value is -2.42. The molecule has 0 atom stereocenters. The van der Waals surface area contributed by atoms with Crippen molar-refractivity contribution in [2.24, 2.45) is 0 Å². The van der Waals surface area contributed by atoms with Gasteiger partial charge in [0.15, 0.2) is 6.29 Å². The Labute approximate surface area is 185 Å². The van der Waals surface area contributed by atoms with E-state index in [4.69, 9.17) is 0 Å². The first kappa shape index (κ1) is 24.8. The molecule has 1 fully saturated rings. The van der Waals surface area contributed by atoms with Crippen LogP contribution in [0.15, 0.2) is 24.3 Å². The molecule has 9 heteroatoms. The summed E-state index contributed by atoms with van der Waals surface area (Å²) in [6.45, 7) is 6.88. The molecule has 31 heavy (non-hydrogen) atoms. The number of nitrogens with one attached hydrogen (secondary N) is 1. The van der Waals surface area contributed by atoms with Crippen LogP contribution in [0.2, 0.25) is 0 Å². The van der Waals surface area contributed by atoms with Crippen molar-refractivity contribution in [2.45, 2.75) is 46.4 Å². The van der Waals surface area contributed by atoms with Crippen LogP contribution < -0.4 is 14.4 Å². The molecule has 0 aliphatic carbocycles. The number of benzene rings is 1. The molecule has 170 valence electrons. The fourth-order valence-corrected chi connectivity index (χ4v) is 4.02. The Morgan fingerprint density at radius 1 is 1.26 bits per heavy atom. The number of rotatable bonds is 6. The van der Waals surface area contributed by atoms with E-state index in [0.29, 0.717) is 5.69 Å². The normalized spacial score (nSPS) is 13.5. The molecular formula is C22H28F3N3O2S. The summed E-state index contributed by atoms with van der Waals surface area (Å²) in [7, 11) is 1.66. The van der Waals surface area contributed by atoms with E-state index < -0.39 is 6.36 Å². The van der Waals surface area contributed by atoms with Gasteiger partial charge in [0.1, 0.15) is 11.6 Å². The first-order valence-electron chi connectivity index (χ1n) is 10.1. The maximum absolute atomic E-state index is 12.1. The van der Waals surface area contributed by atoms with Gasteiger partial charge >= 0.3 is 6.36 Å². The highest BCUT2D eigenvalue weighted by atomic mass is 32.2. The topological polar surface area (TPSA) is 54.5 Å². The summed E-state index contributed by atoms with van der Waals surface area (Å²) in [5.74, 6) is 1.89. The molecule has 0 unspecified atom stereocenters. The van der Waals surface area contributed by atoms with Crippen LogP contribution in [-0.2, 0) is 6.42 Å². The van der Waals surface area contributed by atoms with Crippen molar-refractivity contribution in [3.63, 3.8) is 0 Å². The number of anilines is 2. The van der Waals surface area contributed by atoms with Crippen molar-refractivity contribution < 1.29 is 22.7 Å². The number of hydrogen-bond donors (Lipinski definition) is 1. The van der Waals surface area contributed by atoms with Crippen molar-refractivity contribution in [2.75, 3.05) is 29.0 Å². The molecule has 0 radical (unpaired) electrons. The van der Waals surface area contributed by atoms with E-state index in [1.807, 2.05) is 32.9 Å². The van der Waals surface area contributed by atoms with Gasteiger partial charge < -0.3 is 14.4 Å². The van der Waals surface area contributed by atoms with E-state index in [2.05, 4.69) is 19.3 Å². The van der Waals surface area contributed by atoms with E-state index >= 15 is 0 Å². The summed E-state index contributed by atoms with van der Waals surface area (Å²) < 4.78 is 42.2. The number of halogens is 3. The molecule has 0 bridgehead atoms. The number of carbonyl (C=O) groups excluding carboxylic acids is 1. The van der Waals surface area contributed by atoms with Crippen molar-refractivity contribution >= 4 is 29.7 Å². The average molecular weight is 456 g/mol. The number of ether oxygens (including phenoxy) is 1. The van der Waals surface area contributed by atoms with Crippen LogP contribution in [0.5, 0.6) is 5.75 Å². The Morgan fingerprint density at radius 3 is 2.55 bits per heavy atom. The van der Waals surface area contributed by atoms with Crippen LogP contribution in [0.4, 0.5) is 24.7 Å². The second kappa shape index (κ2) is 11.3. The molecule has 2 heterocycles. The third-order valence-corrected chi connectivity index (χ3v) is 5.86. The van der Waals surface area contributed by atoms with Gasteiger partial charge in [0.2, 0.25) is 0 Å². The lowest BCUT2D eigenvalue weighted by Gasteiger charge is -2.16. The van der Waals surface area contributed by atoms with Gasteiger partial charge in [0, 0.05) is 42.4 Å². The molecule has 1 saturated heterocycles. The molecular weight excluding hydrogens is 427 g/mol. The number of nitrogens with zero attached hydrogens (tertiary/aromatic N) is 2. The molecule has 0 spiro atoms. The van der Waals surface area contributed by atoms with Crippen LogP contribution in [-0.4, -0.2) is 37.0 Å². The number of hydrogen-bond acceptors (Lipinski definition) is 6.